The molecule has 0 saturated carbocycles. The average Bonchev–Trinajstić information content (AvgIpc) is 2.41. The summed E-state index contributed by atoms with van der Waals surface area (Å²) < 4.78 is 1.04. The molecule has 0 aliphatic rings. The van der Waals surface area contributed by atoms with Crippen molar-refractivity contribution in [2.24, 2.45) is 0 Å². The molecule has 3 heteroatoms. The molecule has 0 fully saturated rings. The van der Waals surface area contributed by atoms with E-state index in [1.165, 1.54) is 0 Å². The quantitative estimate of drug-likeness (QED) is 0.612. The number of fused-ring (bicyclic) bond motifs is 1. The fourth-order valence-electron chi connectivity index (χ4n) is 2.23. The summed E-state index contributed by atoms with van der Waals surface area (Å²) in [5.74, 6) is 0.194. The van der Waals surface area contributed by atoms with Gasteiger partial charge in [0.25, 0.3) is 0 Å². The third kappa shape index (κ3) is 2.22. The van der Waals surface area contributed by atoms with Crippen LogP contribution in [-0.4, -0.2) is 5.11 Å². The predicted molar refractivity (Wildman–Crippen MR) is 83.8 cm³/mol. The van der Waals surface area contributed by atoms with Crippen LogP contribution in [0.2, 0.25) is 5.02 Å². The minimum absolute atomic E-state index is 0.194. The molecule has 0 heterocycles. The molecule has 3 rings (SSSR count). The second-order valence-electron chi connectivity index (χ2n) is 4.30. The molecule has 0 aliphatic heterocycles. The molecule has 94 valence electrons. The Labute approximate surface area is 124 Å². The SMILES string of the molecule is Oc1cc(Cl)ccc1-c1ccc(Br)c2ccccc12. The molecular weight excluding hydrogens is 324 g/mol. The zero-order valence-electron chi connectivity index (χ0n) is 9.90. The summed E-state index contributed by atoms with van der Waals surface area (Å²) in [7, 11) is 0. The van der Waals surface area contributed by atoms with Crippen molar-refractivity contribution >= 4 is 38.3 Å². The van der Waals surface area contributed by atoms with E-state index in [1.54, 1.807) is 12.1 Å². The molecule has 0 aromatic heterocycles. The first-order chi connectivity index (χ1) is 9.16. The molecule has 0 saturated heterocycles. The fraction of sp³-hybridized carbons (Fsp3) is 0. The maximum atomic E-state index is 10.1. The fourth-order valence-corrected chi connectivity index (χ4v) is 2.87. The number of benzene rings is 3. The highest BCUT2D eigenvalue weighted by molar-refractivity contribution is 9.10. The molecular formula is C16H10BrClO. The van der Waals surface area contributed by atoms with Crippen LogP contribution in [-0.2, 0) is 0 Å². The van der Waals surface area contributed by atoms with E-state index in [1.807, 2.05) is 36.4 Å². The van der Waals surface area contributed by atoms with Gasteiger partial charge in [0.05, 0.1) is 0 Å². The summed E-state index contributed by atoms with van der Waals surface area (Å²) in [6.45, 7) is 0. The average molecular weight is 334 g/mol. The first kappa shape index (κ1) is 12.5. The summed E-state index contributed by atoms with van der Waals surface area (Å²) >= 11 is 9.43. The van der Waals surface area contributed by atoms with E-state index < -0.39 is 0 Å². The summed E-state index contributed by atoms with van der Waals surface area (Å²) in [5, 5.41) is 12.8. The van der Waals surface area contributed by atoms with Gasteiger partial charge in [0.2, 0.25) is 0 Å². The Bertz CT molecular complexity index is 768. The Morgan fingerprint density at radius 2 is 1.53 bits per heavy atom. The van der Waals surface area contributed by atoms with Crippen molar-refractivity contribution in [2.75, 3.05) is 0 Å². The minimum atomic E-state index is 0.194. The Balaban J connectivity index is 2.34. The summed E-state index contributed by atoms with van der Waals surface area (Å²) in [6, 6.07) is 17.3. The lowest BCUT2D eigenvalue weighted by molar-refractivity contribution is 0.477. The Morgan fingerprint density at radius 1 is 0.842 bits per heavy atom. The third-order valence-electron chi connectivity index (χ3n) is 3.12. The molecule has 0 spiro atoms. The van der Waals surface area contributed by atoms with Gasteiger partial charge in [0, 0.05) is 15.1 Å². The second-order valence-corrected chi connectivity index (χ2v) is 5.59. The summed E-state index contributed by atoms with van der Waals surface area (Å²) in [4.78, 5) is 0. The number of halogens is 2. The van der Waals surface area contributed by atoms with Crippen LogP contribution >= 0.6 is 27.5 Å². The lowest BCUT2D eigenvalue weighted by Gasteiger charge is -2.10. The molecule has 0 atom stereocenters. The van der Waals surface area contributed by atoms with Crippen molar-refractivity contribution in [3.05, 3.63) is 64.1 Å². The number of hydrogen-bond acceptors (Lipinski definition) is 1. The van der Waals surface area contributed by atoms with Crippen molar-refractivity contribution in [3.8, 4) is 16.9 Å². The van der Waals surface area contributed by atoms with E-state index in [2.05, 4.69) is 22.0 Å². The van der Waals surface area contributed by atoms with Crippen LogP contribution in [0.15, 0.2) is 59.1 Å². The maximum absolute atomic E-state index is 10.1. The second kappa shape index (κ2) is 4.87. The van der Waals surface area contributed by atoms with Crippen molar-refractivity contribution < 1.29 is 5.11 Å². The van der Waals surface area contributed by atoms with Gasteiger partial charge in [-0.15, -0.1) is 0 Å². The van der Waals surface area contributed by atoms with Crippen molar-refractivity contribution in [3.63, 3.8) is 0 Å². The molecule has 3 aromatic carbocycles. The number of phenols is 1. The van der Waals surface area contributed by atoms with Gasteiger partial charge in [0.1, 0.15) is 5.75 Å². The molecule has 0 aliphatic carbocycles. The molecule has 0 radical (unpaired) electrons. The molecule has 1 nitrogen and oxygen atoms in total. The van der Waals surface area contributed by atoms with Gasteiger partial charge in [-0.2, -0.15) is 0 Å². The zero-order valence-corrected chi connectivity index (χ0v) is 12.2. The van der Waals surface area contributed by atoms with Crippen LogP contribution in [0.3, 0.4) is 0 Å². The minimum Gasteiger partial charge on any atom is -0.507 e. The molecule has 0 amide bonds. The smallest absolute Gasteiger partial charge is 0.124 e. The Morgan fingerprint density at radius 3 is 2.26 bits per heavy atom. The largest absolute Gasteiger partial charge is 0.507 e. The topological polar surface area (TPSA) is 20.2 Å². The number of rotatable bonds is 1. The van der Waals surface area contributed by atoms with E-state index in [-0.39, 0.29) is 5.75 Å². The number of phenolic OH excluding ortho intramolecular Hbond substituents is 1. The monoisotopic (exact) mass is 332 g/mol. The first-order valence-electron chi connectivity index (χ1n) is 5.83. The van der Waals surface area contributed by atoms with Gasteiger partial charge in [-0.25, -0.2) is 0 Å². The van der Waals surface area contributed by atoms with Gasteiger partial charge < -0.3 is 5.11 Å². The van der Waals surface area contributed by atoms with E-state index in [9.17, 15) is 5.11 Å². The summed E-state index contributed by atoms with van der Waals surface area (Å²) in [6.07, 6.45) is 0. The Kier molecular flexibility index (Phi) is 3.21. The highest BCUT2D eigenvalue weighted by atomic mass is 79.9. The maximum Gasteiger partial charge on any atom is 0.124 e. The molecule has 3 aromatic rings. The van der Waals surface area contributed by atoms with E-state index >= 15 is 0 Å². The van der Waals surface area contributed by atoms with E-state index in [4.69, 9.17) is 11.6 Å². The molecule has 19 heavy (non-hydrogen) atoms. The van der Waals surface area contributed by atoms with Crippen LogP contribution in [0.5, 0.6) is 5.75 Å². The highest BCUT2D eigenvalue weighted by Crippen LogP contribution is 2.38. The van der Waals surface area contributed by atoms with E-state index in [0.717, 1.165) is 26.4 Å². The van der Waals surface area contributed by atoms with Gasteiger partial charge in [-0.3, -0.25) is 0 Å². The van der Waals surface area contributed by atoms with Gasteiger partial charge in [0.15, 0.2) is 0 Å². The zero-order chi connectivity index (χ0) is 13.4. The predicted octanol–water partition coefficient (Wildman–Crippen LogP) is 5.63. The van der Waals surface area contributed by atoms with Gasteiger partial charge in [-0.05, 0) is 40.6 Å². The third-order valence-corrected chi connectivity index (χ3v) is 4.05. The highest BCUT2D eigenvalue weighted by Gasteiger charge is 2.10. The van der Waals surface area contributed by atoms with E-state index in [0.29, 0.717) is 5.02 Å². The number of hydrogen-bond donors (Lipinski definition) is 1. The Hall–Kier alpha value is -1.51. The molecule has 1 N–H and O–H groups in total. The normalized spacial score (nSPS) is 10.8. The lowest BCUT2D eigenvalue weighted by atomic mass is 9.98. The van der Waals surface area contributed by atoms with Crippen LogP contribution < -0.4 is 0 Å². The lowest BCUT2D eigenvalue weighted by Crippen LogP contribution is -1.83. The van der Waals surface area contributed by atoms with Crippen LogP contribution in [0.4, 0.5) is 0 Å². The van der Waals surface area contributed by atoms with Crippen molar-refractivity contribution in [1.29, 1.82) is 0 Å². The first-order valence-corrected chi connectivity index (χ1v) is 7.00. The van der Waals surface area contributed by atoms with Crippen molar-refractivity contribution in [2.45, 2.75) is 0 Å². The number of aromatic hydroxyl groups is 1. The van der Waals surface area contributed by atoms with Crippen LogP contribution in [0.1, 0.15) is 0 Å². The van der Waals surface area contributed by atoms with Gasteiger partial charge in [-0.1, -0.05) is 57.9 Å². The van der Waals surface area contributed by atoms with Crippen LogP contribution in [0.25, 0.3) is 21.9 Å². The summed E-state index contributed by atoms with van der Waals surface area (Å²) in [5.41, 5.74) is 1.78. The van der Waals surface area contributed by atoms with Crippen molar-refractivity contribution in [1.82, 2.24) is 0 Å². The standard InChI is InChI=1S/C16H10BrClO/c17-15-8-7-12(11-3-1-2-4-13(11)15)14-6-5-10(18)9-16(14)19/h1-9,19H. The molecule has 0 bridgehead atoms. The van der Waals surface area contributed by atoms with Gasteiger partial charge >= 0.3 is 0 Å². The molecule has 0 unspecified atom stereocenters. The van der Waals surface area contributed by atoms with Crippen LogP contribution in [0, 0.1) is 0 Å².